The van der Waals surface area contributed by atoms with Gasteiger partial charge >= 0.3 is 0 Å². The number of likely N-dealkylation sites (tertiary alicyclic amines) is 1. The molecule has 0 aliphatic carbocycles. The van der Waals surface area contributed by atoms with Crippen LogP contribution < -0.4 is 14.8 Å². The molecule has 1 saturated heterocycles. The summed E-state index contributed by atoms with van der Waals surface area (Å²) in [5.41, 5.74) is 5.80. The predicted molar refractivity (Wildman–Crippen MR) is 148 cm³/mol. The Morgan fingerprint density at radius 1 is 1.05 bits per heavy atom. The zero-order valence-electron chi connectivity index (χ0n) is 22.3. The van der Waals surface area contributed by atoms with Crippen molar-refractivity contribution in [1.29, 1.82) is 0 Å². The van der Waals surface area contributed by atoms with Gasteiger partial charge in [0.25, 0.3) is 0 Å². The smallest absolute Gasteiger partial charge is 0.230 e. The minimum atomic E-state index is 0.391. The number of nitrogens with zero attached hydrogens (tertiary/aromatic N) is 6. The van der Waals surface area contributed by atoms with E-state index in [0.717, 1.165) is 53.3 Å². The van der Waals surface area contributed by atoms with E-state index in [-0.39, 0.29) is 0 Å². The number of nitrogens with one attached hydrogen (secondary N) is 1. The van der Waals surface area contributed by atoms with Crippen molar-refractivity contribution in [2.75, 3.05) is 38.7 Å². The molecule has 0 radical (unpaired) electrons. The Labute approximate surface area is 223 Å². The van der Waals surface area contributed by atoms with Gasteiger partial charge in [-0.15, -0.1) is 0 Å². The van der Waals surface area contributed by atoms with Gasteiger partial charge < -0.3 is 14.8 Å². The van der Waals surface area contributed by atoms with Gasteiger partial charge in [-0.25, -0.2) is 4.98 Å². The highest BCUT2D eigenvalue weighted by Crippen LogP contribution is 2.31. The normalized spacial score (nSPS) is 14.8. The number of anilines is 2. The van der Waals surface area contributed by atoms with Crippen LogP contribution in [0, 0.1) is 12.3 Å². The molecule has 4 heterocycles. The molecule has 3 aromatic heterocycles. The topological polar surface area (TPSA) is 98.2 Å². The summed E-state index contributed by atoms with van der Waals surface area (Å²) in [6.07, 6.45) is 8.11. The van der Waals surface area contributed by atoms with Crippen LogP contribution in [0.15, 0.2) is 61.2 Å². The Bertz CT molecular complexity index is 1390. The maximum atomic E-state index is 5.97. The highest BCUT2D eigenvalue weighted by atomic mass is 16.5. The monoisotopic (exact) mass is 511 g/mol. The molecule has 0 spiro atoms. The second kappa shape index (κ2) is 11.1. The summed E-state index contributed by atoms with van der Waals surface area (Å²) < 4.78 is 11.6. The van der Waals surface area contributed by atoms with Crippen molar-refractivity contribution in [2.24, 2.45) is 5.41 Å². The van der Waals surface area contributed by atoms with Gasteiger partial charge in [-0.05, 0) is 42.5 Å². The number of aromatic nitrogens is 5. The van der Waals surface area contributed by atoms with Gasteiger partial charge in [0, 0.05) is 37.1 Å². The van der Waals surface area contributed by atoms with E-state index in [9.17, 15) is 0 Å². The lowest BCUT2D eigenvalue weighted by Crippen LogP contribution is -2.27. The molecule has 4 aromatic rings. The number of pyridine rings is 1. The van der Waals surface area contributed by atoms with Gasteiger partial charge in [-0.3, -0.25) is 9.88 Å². The van der Waals surface area contributed by atoms with Gasteiger partial charge in [0.15, 0.2) is 0 Å². The summed E-state index contributed by atoms with van der Waals surface area (Å²) in [5.74, 6) is 1.59. The Morgan fingerprint density at radius 3 is 2.61 bits per heavy atom. The molecule has 0 bridgehead atoms. The number of rotatable bonds is 9. The molecule has 0 unspecified atom stereocenters. The van der Waals surface area contributed by atoms with Gasteiger partial charge in [-0.2, -0.15) is 15.2 Å². The summed E-state index contributed by atoms with van der Waals surface area (Å²) in [4.78, 5) is 15.8. The quantitative estimate of drug-likeness (QED) is 0.326. The molecule has 1 aliphatic heterocycles. The first-order valence-electron chi connectivity index (χ1n) is 12.8. The van der Waals surface area contributed by atoms with E-state index in [1.54, 1.807) is 31.9 Å². The molecular formula is C29H33N7O2. The van der Waals surface area contributed by atoms with Crippen LogP contribution in [0.1, 0.15) is 25.8 Å². The third-order valence-electron chi connectivity index (χ3n) is 6.74. The van der Waals surface area contributed by atoms with Crippen molar-refractivity contribution in [3.8, 4) is 34.0 Å². The van der Waals surface area contributed by atoms with E-state index in [1.807, 2.05) is 43.3 Å². The molecule has 9 nitrogen and oxygen atoms in total. The van der Waals surface area contributed by atoms with E-state index >= 15 is 0 Å². The first-order valence-corrected chi connectivity index (χ1v) is 12.8. The largest absolute Gasteiger partial charge is 0.491 e. The molecule has 38 heavy (non-hydrogen) atoms. The van der Waals surface area contributed by atoms with E-state index in [4.69, 9.17) is 9.47 Å². The summed E-state index contributed by atoms with van der Waals surface area (Å²) in [7, 11) is 1.60. The van der Waals surface area contributed by atoms with Crippen LogP contribution in [0.3, 0.4) is 0 Å². The van der Waals surface area contributed by atoms with Gasteiger partial charge in [-0.1, -0.05) is 38.1 Å². The Morgan fingerprint density at radius 2 is 1.87 bits per heavy atom. The molecule has 9 heteroatoms. The van der Waals surface area contributed by atoms with Crippen LogP contribution in [-0.4, -0.2) is 63.4 Å². The van der Waals surface area contributed by atoms with Crippen molar-refractivity contribution in [1.82, 2.24) is 30.0 Å². The van der Waals surface area contributed by atoms with Crippen LogP contribution >= 0.6 is 0 Å². The molecular weight excluding hydrogens is 478 g/mol. The summed E-state index contributed by atoms with van der Waals surface area (Å²) >= 11 is 0. The fraction of sp³-hybridized carbons (Fsp3) is 0.345. The second-order valence-electron chi connectivity index (χ2n) is 10.3. The van der Waals surface area contributed by atoms with Crippen molar-refractivity contribution in [3.63, 3.8) is 0 Å². The van der Waals surface area contributed by atoms with Gasteiger partial charge in [0.2, 0.25) is 11.8 Å². The highest BCUT2D eigenvalue weighted by Gasteiger charge is 2.28. The van der Waals surface area contributed by atoms with Crippen LogP contribution in [-0.2, 0) is 0 Å². The maximum Gasteiger partial charge on any atom is 0.230 e. The summed E-state index contributed by atoms with van der Waals surface area (Å²) in [6, 6.07) is 11.9. The molecule has 0 amide bonds. The lowest BCUT2D eigenvalue weighted by atomic mass is 9.93. The number of aryl methyl sites for hydroxylation is 1. The minimum absolute atomic E-state index is 0.391. The molecule has 196 valence electrons. The first kappa shape index (κ1) is 25.5. The lowest BCUT2D eigenvalue weighted by molar-refractivity contribution is 0.222. The number of hydrogen-bond donors (Lipinski definition) is 1. The Hall–Kier alpha value is -4.11. The molecule has 5 rings (SSSR count). The molecule has 1 N–H and O–H groups in total. The van der Waals surface area contributed by atoms with E-state index in [1.165, 1.54) is 6.42 Å². The fourth-order valence-corrected chi connectivity index (χ4v) is 4.67. The standard InChI is InChI=1S/C29H33N7O2/c1-20-9-11-32-35-26(20)22-7-5-21(6-8-22)25-18-31-28(34-27(25)37-4)33-23-15-24(17-30-16-23)38-14-13-36-12-10-29(2,3)19-36/h5-9,11,15-18H,10,12-14,19H2,1-4H3,(H,31,33,34). The minimum Gasteiger partial charge on any atom is -0.491 e. The molecule has 1 aliphatic rings. The number of methoxy groups -OCH3 is 1. The third kappa shape index (κ3) is 6.06. The fourth-order valence-electron chi connectivity index (χ4n) is 4.67. The van der Waals surface area contributed by atoms with E-state index in [2.05, 4.69) is 49.2 Å². The van der Waals surface area contributed by atoms with E-state index in [0.29, 0.717) is 29.6 Å². The van der Waals surface area contributed by atoms with Crippen LogP contribution in [0.5, 0.6) is 11.6 Å². The molecule has 1 fully saturated rings. The van der Waals surface area contributed by atoms with Gasteiger partial charge in [0.05, 0.1) is 36.4 Å². The zero-order valence-corrected chi connectivity index (χ0v) is 22.3. The van der Waals surface area contributed by atoms with Crippen molar-refractivity contribution in [3.05, 3.63) is 66.7 Å². The SMILES string of the molecule is COc1nc(Nc2cncc(OCCN3CCC(C)(C)C3)c2)ncc1-c1ccc(-c2nnccc2C)cc1. The van der Waals surface area contributed by atoms with Crippen molar-refractivity contribution < 1.29 is 9.47 Å². The van der Waals surface area contributed by atoms with Crippen molar-refractivity contribution >= 4 is 11.6 Å². The molecule has 0 atom stereocenters. The number of ether oxygens (including phenoxy) is 2. The van der Waals surface area contributed by atoms with E-state index < -0.39 is 0 Å². The van der Waals surface area contributed by atoms with Crippen LogP contribution in [0.4, 0.5) is 11.6 Å². The molecule has 0 saturated carbocycles. The lowest BCUT2D eigenvalue weighted by Gasteiger charge is -2.19. The highest BCUT2D eigenvalue weighted by molar-refractivity contribution is 5.73. The number of hydrogen-bond acceptors (Lipinski definition) is 9. The van der Waals surface area contributed by atoms with Crippen molar-refractivity contribution in [2.45, 2.75) is 27.2 Å². The number of benzene rings is 1. The predicted octanol–water partition coefficient (Wildman–Crippen LogP) is 5.17. The first-order chi connectivity index (χ1) is 18.4. The Balaban J connectivity index is 1.24. The average molecular weight is 512 g/mol. The van der Waals surface area contributed by atoms with Crippen LogP contribution in [0.25, 0.3) is 22.4 Å². The average Bonchev–Trinajstić information content (AvgIpc) is 3.27. The zero-order chi connectivity index (χ0) is 26.5. The summed E-state index contributed by atoms with van der Waals surface area (Å²) in [5, 5.41) is 11.5. The second-order valence-corrected chi connectivity index (χ2v) is 10.3. The van der Waals surface area contributed by atoms with Crippen LogP contribution in [0.2, 0.25) is 0 Å². The third-order valence-corrected chi connectivity index (χ3v) is 6.74. The molecule has 1 aromatic carbocycles. The van der Waals surface area contributed by atoms with Gasteiger partial charge in [0.1, 0.15) is 12.4 Å². The summed E-state index contributed by atoms with van der Waals surface area (Å²) in [6.45, 7) is 10.4. The maximum absolute atomic E-state index is 5.97. The Kier molecular flexibility index (Phi) is 7.46.